The monoisotopic (exact) mass is 399 g/mol. The number of hydrogen-bond acceptors (Lipinski definition) is 4. The van der Waals surface area contributed by atoms with Crippen LogP contribution in [-0.2, 0) is 0 Å². The van der Waals surface area contributed by atoms with Gasteiger partial charge in [-0.1, -0.05) is 30.3 Å². The fraction of sp³-hybridized carbons (Fsp3) is 0.435. The Morgan fingerprint density at radius 3 is 2.41 bits per heavy atom. The SMILES string of the molecule is CCN(C(=O)NCC(c1ccccc1OC)N(C)C)C(C)c1cccc(OC)c1. The summed E-state index contributed by atoms with van der Waals surface area (Å²) in [6.45, 7) is 5.10. The molecule has 2 unspecified atom stereocenters. The summed E-state index contributed by atoms with van der Waals surface area (Å²) in [5, 5.41) is 3.10. The third kappa shape index (κ3) is 5.64. The van der Waals surface area contributed by atoms with Crippen molar-refractivity contribution >= 4 is 6.03 Å². The molecule has 0 aliphatic carbocycles. The summed E-state index contributed by atoms with van der Waals surface area (Å²) < 4.78 is 10.8. The third-order valence-electron chi connectivity index (χ3n) is 5.21. The van der Waals surface area contributed by atoms with Crippen molar-refractivity contribution in [1.29, 1.82) is 0 Å². The van der Waals surface area contributed by atoms with Gasteiger partial charge in [0.15, 0.2) is 0 Å². The van der Waals surface area contributed by atoms with E-state index in [1.54, 1.807) is 14.2 Å². The van der Waals surface area contributed by atoms with E-state index in [9.17, 15) is 4.79 Å². The van der Waals surface area contributed by atoms with Gasteiger partial charge < -0.3 is 24.6 Å². The topological polar surface area (TPSA) is 54.0 Å². The van der Waals surface area contributed by atoms with E-state index in [0.717, 1.165) is 22.6 Å². The molecule has 0 heterocycles. The number of urea groups is 1. The van der Waals surface area contributed by atoms with Crippen molar-refractivity contribution in [2.45, 2.75) is 25.9 Å². The number of likely N-dealkylation sites (N-methyl/N-ethyl adjacent to an activating group) is 1. The van der Waals surface area contributed by atoms with Gasteiger partial charge in [-0.15, -0.1) is 0 Å². The second-order valence-electron chi connectivity index (χ2n) is 7.15. The standard InChI is InChI=1S/C23H33N3O3/c1-7-26(17(2)18-11-10-12-19(15-18)28-5)23(27)24-16-21(25(3)4)20-13-8-9-14-22(20)29-6/h8-15,17,21H,7,16H2,1-6H3,(H,24,27). The molecule has 0 bridgehead atoms. The number of carbonyl (C=O) groups is 1. The van der Waals surface area contributed by atoms with Crippen molar-refractivity contribution in [2.24, 2.45) is 0 Å². The highest BCUT2D eigenvalue weighted by molar-refractivity contribution is 5.74. The Morgan fingerprint density at radius 2 is 1.79 bits per heavy atom. The number of methoxy groups -OCH3 is 2. The number of nitrogens with zero attached hydrogens (tertiary/aromatic N) is 2. The first-order chi connectivity index (χ1) is 13.9. The molecule has 0 fully saturated rings. The molecule has 0 aliphatic heterocycles. The Labute approximate surface area is 174 Å². The number of nitrogens with one attached hydrogen (secondary N) is 1. The largest absolute Gasteiger partial charge is 0.497 e. The smallest absolute Gasteiger partial charge is 0.317 e. The van der Waals surface area contributed by atoms with Gasteiger partial charge >= 0.3 is 6.03 Å². The van der Waals surface area contributed by atoms with Crippen LogP contribution in [0.4, 0.5) is 4.79 Å². The van der Waals surface area contributed by atoms with Crippen molar-refractivity contribution in [3.05, 3.63) is 59.7 Å². The van der Waals surface area contributed by atoms with E-state index in [2.05, 4.69) is 10.2 Å². The van der Waals surface area contributed by atoms with Crippen LogP contribution in [0.5, 0.6) is 11.5 Å². The fourth-order valence-corrected chi connectivity index (χ4v) is 3.47. The molecular weight excluding hydrogens is 366 g/mol. The quantitative estimate of drug-likeness (QED) is 0.690. The lowest BCUT2D eigenvalue weighted by Crippen LogP contribution is -2.44. The van der Waals surface area contributed by atoms with Gasteiger partial charge in [-0.25, -0.2) is 4.79 Å². The molecule has 0 aromatic heterocycles. The van der Waals surface area contributed by atoms with Gasteiger partial charge in [0.25, 0.3) is 0 Å². The zero-order chi connectivity index (χ0) is 21.4. The van der Waals surface area contributed by atoms with E-state index in [-0.39, 0.29) is 18.1 Å². The molecule has 29 heavy (non-hydrogen) atoms. The van der Waals surface area contributed by atoms with Gasteiger partial charge in [0.2, 0.25) is 0 Å². The Bertz CT molecular complexity index is 794. The predicted octanol–water partition coefficient (Wildman–Crippen LogP) is 4.10. The van der Waals surface area contributed by atoms with Crippen molar-refractivity contribution in [2.75, 3.05) is 41.4 Å². The number of rotatable bonds is 9. The molecule has 1 N–H and O–H groups in total. The van der Waals surface area contributed by atoms with Crippen molar-refractivity contribution in [3.8, 4) is 11.5 Å². The van der Waals surface area contributed by atoms with E-state index in [0.29, 0.717) is 13.1 Å². The summed E-state index contributed by atoms with van der Waals surface area (Å²) in [6.07, 6.45) is 0. The maximum atomic E-state index is 13.0. The minimum atomic E-state index is -0.0930. The van der Waals surface area contributed by atoms with Gasteiger partial charge in [-0.3, -0.25) is 0 Å². The van der Waals surface area contributed by atoms with Crippen LogP contribution in [0.25, 0.3) is 0 Å². The number of carbonyl (C=O) groups excluding carboxylic acids is 1. The van der Waals surface area contributed by atoms with Crippen LogP contribution in [0.2, 0.25) is 0 Å². The average molecular weight is 400 g/mol. The first-order valence-corrected chi connectivity index (χ1v) is 9.90. The summed E-state index contributed by atoms with van der Waals surface area (Å²) in [7, 11) is 7.31. The highest BCUT2D eigenvalue weighted by Gasteiger charge is 2.23. The summed E-state index contributed by atoms with van der Waals surface area (Å²) in [4.78, 5) is 16.9. The minimum absolute atomic E-state index is 0.000863. The molecule has 2 amide bonds. The van der Waals surface area contributed by atoms with E-state index in [1.807, 2.05) is 81.4 Å². The lowest BCUT2D eigenvalue weighted by molar-refractivity contribution is 0.178. The van der Waals surface area contributed by atoms with Crippen LogP contribution in [0.3, 0.4) is 0 Å². The zero-order valence-electron chi connectivity index (χ0n) is 18.3. The maximum Gasteiger partial charge on any atom is 0.317 e. The third-order valence-corrected chi connectivity index (χ3v) is 5.21. The van der Waals surface area contributed by atoms with Crippen LogP contribution >= 0.6 is 0 Å². The molecule has 2 atom stereocenters. The lowest BCUT2D eigenvalue weighted by Gasteiger charge is -2.31. The van der Waals surface area contributed by atoms with Crippen molar-refractivity contribution in [3.63, 3.8) is 0 Å². The lowest BCUT2D eigenvalue weighted by atomic mass is 10.0. The Hall–Kier alpha value is -2.73. The number of amides is 2. The normalized spacial score (nSPS) is 12.9. The molecule has 2 rings (SSSR count). The second-order valence-corrected chi connectivity index (χ2v) is 7.15. The Kier molecular flexibility index (Phi) is 8.34. The van der Waals surface area contributed by atoms with Gasteiger partial charge in [0.05, 0.1) is 26.3 Å². The maximum absolute atomic E-state index is 13.0. The molecule has 0 saturated carbocycles. The predicted molar refractivity (Wildman–Crippen MR) is 117 cm³/mol. The summed E-state index contributed by atoms with van der Waals surface area (Å²) >= 11 is 0. The molecule has 0 spiro atoms. The molecule has 2 aromatic rings. The van der Waals surface area contributed by atoms with Crippen LogP contribution in [0, 0.1) is 0 Å². The van der Waals surface area contributed by atoms with Gasteiger partial charge in [-0.05, 0) is 51.7 Å². The van der Waals surface area contributed by atoms with Crippen LogP contribution in [0.1, 0.15) is 37.1 Å². The summed E-state index contributed by atoms with van der Waals surface area (Å²) in [5.41, 5.74) is 2.08. The van der Waals surface area contributed by atoms with Crippen LogP contribution < -0.4 is 14.8 Å². The van der Waals surface area contributed by atoms with E-state index in [4.69, 9.17) is 9.47 Å². The minimum Gasteiger partial charge on any atom is -0.497 e. The molecule has 0 saturated heterocycles. The molecular formula is C23H33N3O3. The average Bonchev–Trinajstić information content (AvgIpc) is 2.74. The van der Waals surface area contributed by atoms with E-state index < -0.39 is 0 Å². The highest BCUT2D eigenvalue weighted by Crippen LogP contribution is 2.28. The number of para-hydroxylation sites is 1. The van der Waals surface area contributed by atoms with Crippen molar-refractivity contribution < 1.29 is 14.3 Å². The molecule has 6 heteroatoms. The number of hydrogen-bond donors (Lipinski definition) is 1. The molecule has 2 aromatic carbocycles. The first-order valence-electron chi connectivity index (χ1n) is 9.90. The van der Waals surface area contributed by atoms with Crippen LogP contribution in [0.15, 0.2) is 48.5 Å². The first kappa shape index (κ1) is 22.6. The highest BCUT2D eigenvalue weighted by atomic mass is 16.5. The molecule has 6 nitrogen and oxygen atoms in total. The second kappa shape index (κ2) is 10.7. The van der Waals surface area contributed by atoms with Crippen LogP contribution in [-0.4, -0.2) is 57.2 Å². The summed E-state index contributed by atoms with van der Waals surface area (Å²) in [6, 6.07) is 15.6. The number of benzene rings is 2. The van der Waals surface area contributed by atoms with Gasteiger partial charge in [0.1, 0.15) is 11.5 Å². The van der Waals surface area contributed by atoms with Gasteiger partial charge in [0, 0.05) is 18.7 Å². The van der Waals surface area contributed by atoms with E-state index in [1.165, 1.54) is 0 Å². The number of ether oxygens (including phenoxy) is 2. The molecule has 0 radical (unpaired) electrons. The fourth-order valence-electron chi connectivity index (χ4n) is 3.47. The van der Waals surface area contributed by atoms with Gasteiger partial charge in [-0.2, -0.15) is 0 Å². The molecule has 158 valence electrons. The zero-order valence-corrected chi connectivity index (χ0v) is 18.3. The summed E-state index contributed by atoms with van der Waals surface area (Å²) in [5.74, 6) is 1.60. The molecule has 0 aliphatic rings. The Balaban J connectivity index is 2.13. The van der Waals surface area contributed by atoms with Crippen molar-refractivity contribution in [1.82, 2.24) is 15.1 Å². The Morgan fingerprint density at radius 1 is 1.07 bits per heavy atom. The van der Waals surface area contributed by atoms with E-state index >= 15 is 0 Å².